The van der Waals surface area contributed by atoms with E-state index in [1.165, 1.54) is 15.3 Å². The molecule has 4 nitrogen and oxygen atoms in total. The molecule has 2 aromatic rings. The van der Waals surface area contributed by atoms with Crippen molar-refractivity contribution in [3.05, 3.63) is 51.2 Å². The van der Waals surface area contributed by atoms with E-state index in [4.69, 9.17) is 0 Å². The Labute approximate surface area is 147 Å². The van der Waals surface area contributed by atoms with Crippen molar-refractivity contribution in [1.29, 1.82) is 0 Å². The summed E-state index contributed by atoms with van der Waals surface area (Å²) < 4.78 is 0. The second-order valence-electron chi connectivity index (χ2n) is 6.32. The molecular weight excluding hydrogens is 318 g/mol. The second-order valence-corrected chi connectivity index (χ2v) is 7.78. The van der Waals surface area contributed by atoms with Gasteiger partial charge in [-0.15, -0.1) is 11.3 Å². The van der Waals surface area contributed by atoms with Gasteiger partial charge in [0.05, 0.1) is 11.7 Å². The number of rotatable bonds is 4. The van der Waals surface area contributed by atoms with Crippen LogP contribution in [0.3, 0.4) is 0 Å². The van der Waals surface area contributed by atoms with E-state index in [2.05, 4.69) is 30.3 Å². The lowest BCUT2D eigenvalue weighted by molar-refractivity contribution is 0.0940. The van der Waals surface area contributed by atoms with Crippen molar-refractivity contribution in [3.63, 3.8) is 0 Å². The Morgan fingerprint density at radius 2 is 1.96 bits per heavy atom. The molecule has 0 radical (unpaired) electrons. The quantitative estimate of drug-likeness (QED) is 0.893. The van der Waals surface area contributed by atoms with Gasteiger partial charge in [0.1, 0.15) is 0 Å². The van der Waals surface area contributed by atoms with Gasteiger partial charge in [-0.3, -0.25) is 9.80 Å². The second kappa shape index (κ2) is 6.77. The Morgan fingerprint density at radius 1 is 1.25 bits per heavy atom. The van der Waals surface area contributed by atoms with Crippen molar-refractivity contribution in [2.24, 2.45) is 5.10 Å². The van der Waals surface area contributed by atoms with Crippen LogP contribution in [0.15, 0.2) is 35.4 Å². The molecule has 1 aliphatic heterocycles. The van der Waals surface area contributed by atoms with Crippen LogP contribution in [0, 0.1) is 13.8 Å². The summed E-state index contributed by atoms with van der Waals surface area (Å²) in [5.74, 6) is -0.0431. The fourth-order valence-corrected chi connectivity index (χ4v) is 4.01. The molecule has 1 aromatic carbocycles. The molecule has 1 atom stereocenters. The SMILES string of the molecule is CC1=NN(c2ccc(C(=O)N[C@H](C)c3cc(C)sc3C)cc2)CC1. The number of anilines is 1. The maximum atomic E-state index is 12.5. The van der Waals surface area contributed by atoms with Gasteiger partial charge in [-0.05, 0) is 63.6 Å². The fourth-order valence-electron chi connectivity index (χ4n) is 2.98. The first-order valence-corrected chi connectivity index (χ1v) is 9.05. The highest BCUT2D eigenvalue weighted by Crippen LogP contribution is 2.26. The summed E-state index contributed by atoms with van der Waals surface area (Å²) in [6.45, 7) is 9.17. The zero-order chi connectivity index (χ0) is 17.3. The molecule has 0 saturated heterocycles. The molecule has 0 fully saturated rings. The number of amides is 1. The van der Waals surface area contributed by atoms with E-state index in [1.54, 1.807) is 11.3 Å². The molecule has 1 aliphatic rings. The zero-order valence-electron chi connectivity index (χ0n) is 14.6. The third kappa shape index (κ3) is 3.51. The van der Waals surface area contributed by atoms with E-state index < -0.39 is 0 Å². The molecule has 24 heavy (non-hydrogen) atoms. The number of hydrogen-bond donors (Lipinski definition) is 1. The van der Waals surface area contributed by atoms with Gasteiger partial charge in [-0.1, -0.05) is 0 Å². The first-order valence-electron chi connectivity index (χ1n) is 8.23. The maximum absolute atomic E-state index is 12.5. The molecule has 0 aliphatic carbocycles. The van der Waals surface area contributed by atoms with Crippen molar-refractivity contribution >= 4 is 28.6 Å². The van der Waals surface area contributed by atoms with Gasteiger partial charge in [0, 0.05) is 34.0 Å². The normalized spacial score (nSPS) is 15.3. The van der Waals surface area contributed by atoms with Crippen molar-refractivity contribution in [2.75, 3.05) is 11.6 Å². The summed E-state index contributed by atoms with van der Waals surface area (Å²) in [4.78, 5) is 15.0. The predicted molar refractivity (Wildman–Crippen MR) is 101 cm³/mol. The van der Waals surface area contributed by atoms with Gasteiger partial charge < -0.3 is 5.32 Å². The largest absolute Gasteiger partial charge is 0.345 e. The Balaban J connectivity index is 1.68. The lowest BCUT2D eigenvalue weighted by atomic mass is 10.1. The predicted octanol–water partition coefficient (Wildman–Crippen LogP) is 4.44. The van der Waals surface area contributed by atoms with E-state index in [0.717, 1.165) is 24.4 Å². The maximum Gasteiger partial charge on any atom is 0.251 e. The van der Waals surface area contributed by atoms with Crippen LogP contribution in [-0.2, 0) is 0 Å². The highest BCUT2D eigenvalue weighted by molar-refractivity contribution is 7.12. The number of benzene rings is 1. The zero-order valence-corrected chi connectivity index (χ0v) is 15.4. The van der Waals surface area contributed by atoms with Gasteiger partial charge in [0.25, 0.3) is 5.91 Å². The average molecular weight is 341 g/mol. The highest BCUT2D eigenvalue weighted by atomic mass is 32.1. The number of carbonyl (C=O) groups is 1. The Kier molecular flexibility index (Phi) is 4.71. The molecule has 1 aromatic heterocycles. The average Bonchev–Trinajstić information content (AvgIpc) is 3.12. The van der Waals surface area contributed by atoms with Crippen LogP contribution in [0.4, 0.5) is 5.69 Å². The first kappa shape index (κ1) is 16.7. The number of hydrogen-bond acceptors (Lipinski definition) is 4. The van der Waals surface area contributed by atoms with Crippen molar-refractivity contribution in [2.45, 2.75) is 40.2 Å². The van der Waals surface area contributed by atoms with Crippen LogP contribution >= 0.6 is 11.3 Å². The number of carbonyl (C=O) groups excluding carboxylic acids is 1. The van der Waals surface area contributed by atoms with Crippen LogP contribution in [0.5, 0.6) is 0 Å². The molecule has 5 heteroatoms. The lowest BCUT2D eigenvalue weighted by Gasteiger charge is -2.16. The first-order chi connectivity index (χ1) is 11.4. The van der Waals surface area contributed by atoms with Gasteiger partial charge in [0.15, 0.2) is 0 Å². The van der Waals surface area contributed by atoms with Crippen LogP contribution < -0.4 is 10.3 Å². The summed E-state index contributed by atoms with van der Waals surface area (Å²) in [5.41, 5.74) is 4.05. The summed E-state index contributed by atoms with van der Waals surface area (Å²) in [6, 6.07) is 9.82. The molecule has 2 heterocycles. The third-order valence-electron chi connectivity index (χ3n) is 4.30. The minimum absolute atomic E-state index is 0.00737. The van der Waals surface area contributed by atoms with Crippen LogP contribution in [0.1, 0.15) is 52.0 Å². The van der Waals surface area contributed by atoms with Crippen LogP contribution in [-0.4, -0.2) is 18.2 Å². The Bertz CT molecular complexity index is 776. The summed E-state index contributed by atoms with van der Waals surface area (Å²) in [5, 5.41) is 9.56. The van der Waals surface area contributed by atoms with E-state index in [-0.39, 0.29) is 11.9 Å². The van der Waals surface area contributed by atoms with E-state index >= 15 is 0 Å². The minimum atomic E-state index is -0.0431. The number of thiophene rings is 1. The number of aryl methyl sites for hydroxylation is 2. The molecule has 1 amide bonds. The monoisotopic (exact) mass is 341 g/mol. The van der Waals surface area contributed by atoms with E-state index in [0.29, 0.717) is 5.56 Å². The lowest BCUT2D eigenvalue weighted by Crippen LogP contribution is -2.26. The fraction of sp³-hybridized carbons (Fsp3) is 0.368. The number of nitrogens with one attached hydrogen (secondary N) is 1. The van der Waals surface area contributed by atoms with Crippen LogP contribution in [0.2, 0.25) is 0 Å². The van der Waals surface area contributed by atoms with E-state index in [1.807, 2.05) is 43.1 Å². The van der Waals surface area contributed by atoms with Crippen LogP contribution in [0.25, 0.3) is 0 Å². The highest BCUT2D eigenvalue weighted by Gasteiger charge is 2.16. The molecule has 0 bridgehead atoms. The topological polar surface area (TPSA) is 44.7 Å². The Morgan fingerprint density at radius 3 is 2.50 bits per heavy atom. The molecule has 3 rings (SSSR count). The summed E-state index contributed by atoms with van der Waals surface area (Å²) in [7, 11) is 0. The standard InChI is InChI=1S/C19H23N3OS/c1-12-9-10-22(21-12)17-7-5-16(6-8-17)19(23)20-14(3)18-11-13(2)24-15(18)4/h5-8,11,14H,9-10H2,1-4H3,(H,20,23)/t14-/m1/s1. The molecule has 0 unspecified atom stereocenters. The van der Waals surface area contributed by atoms with Gasteiger partial charge in [-0.25, -0.2) is 0 Å². The van der Waals surface area contributed by atoms with Gasteiger partial charge >= 0.3 is 0 Å². The van der Waals surface area contributed by atoms with Gasteiger partial charge in [0.2, 0.25) is 0 Å². The molecule has 1 N–H and O–H groups in total. The third-order valence-corrected chi connectivity index (χ3v) is 5.28. The van der Waals surface area contributed by atoms with E-state index in [9.17, 15) is 4.79 Å². The summed E-state index contributed by atoms with van der Waals surface area (Å²) in [6.07, 6.45) is 0.999. The van der Waals surface area contributed by atoms with Crippen molar-refractivity contribution in [1.82, 2.24) is 5.32 Å². The molecular formula is C19H23N3OS. The van der Waals surface area contributed by atoms with Gasteiger partial charge in [-0.2, -0.15) is 5.10 Å². The summed E-state index contributed by atoms with van der Waals surface area (Å²) >= 11 is 1.77. The molecule has 126 valence electrons. The number of nitrogens with zero attached hydrogens (tertiary/aromatic N) is 2. The Hall–Kier alpha value is -2.14. The number of hydrazone groups is 1. The molecule has 0 saturated carbocycles. The minimum Gasteiger partial charge on any atom is -0.345 e. The van der Waals surface area contributed by atoms with Crippen molar-refractivity contribution < 1.29 is 4.79 Å². The smallest absolute Gasteiger partial charge is 0.251 e. The van der Waals surface area contributed by atoms with Crippen molar-refractivity contribution in [3.8, 4) is 0 Å². The molecule has 0 spiro atoms.